The highest BCUT2D eigenvalue weighted by Crippen LogP contribution is 2.33. The van der Waals surface area contributed by atoms with Crippen LogP contribution < -0.4 is 5.56 Å². The lowest BCUT2D eigenvalue weighted by molar-refractivity contribution is -0.133. The molecule has 6 nitrogen and oxygen atoms in total. The van der Waals surface area contributed by atoms with E-state index in [4.69, 9.17) is 0 Å². The van der Waals surface area contributed by atoms with Gasteiger partial charge >= 0.3 is 0 Å². The predicted molar refractivity (Wildman–Crippen MR) is 89.2 cm³/mol. The molecule has 2 fully saturated rings. The van der Waals surface area contributed by atoms with Crippen LogP contribution in [-0.2, 0) is 11.3 Å². The summed E-state index contributed by atoms with van der Waals surface area (Å²) in [7, 11) is 0. The van der Waals surface area contributed by atoms with Crippen molar-refractivity contribution in [2.75, 3.05) is 6.54 Å². The molecule has 0 bridgehead atoms. The topological polar surface area (TPSA) is 68.1 Å². The second-order valence-electron chi connectivity index (χ2n) is 6.58. The minimum Gasteiger partial charge on any atom is -0.338 e. The Balaban J connectivity index is 1.57. The van der Waals surface area contributed by atoms with E-state index in [2.05, 4.69) is 10.1 Å². The molecule has 2 aromatic heterocycles. The van der Waals surface area contributed by atoms with Crippen LogP contribution in [0.25, 0.3) is 11.3 Å². The molecule has 2 aromatic rings. The molecule has 24 heavy (non-hydrogen) atoms. The summed E-state index contributed by atoms with van der Waals surface area (Å²) in [5.74, 6) is 0.478. The molecule has 1 saturated carbocycles. The maximum atomic E-state index is 12.4. The van der Waals surface area contributed by atoms with E-state index in [0.717, 1.165) is 43.5 Å². The normalized spacial score (nSPS) is 20.3. The van der Waals surface area contributed by atoms with E-state index in [1.54, 1.807) is 18.5 Å². The van der Waals surface area contributed by atoms with Gasteiger partial charge in [-0.1, -0.05) is 0 Å². The van der Waals surface area contributed by atoms with E-state index >= 15 is 0 Å². The van der Waals surface area contributed by atoms with Gasteiger partial charge in [0.05, 0.1) is 18.3 Å². The molecular formula is C18H20N4O2. The van der Waals surface area contributed by atoms with Crippen molar-refractivity contribution in [1.29, 1.82) is 0 Å². The Morgan fingerprint density at radius 3 is 2.83 bits per heavy atom. The number of rotatable bonds is 4. The Bertz CT molecular complexity index is 798. The first-order chi connectivity index (χ1) is 11.7. The lowest BCUT2D eigenvalue weighted by atomic mass is 10.2. The Labute approximate surface area is 140 Å². The number of aromatic nitrogens is 3. The molecule has 4 rings (SSSR count). The second-order valence-corrected chi connectivity index (χ2v) is 6.58. The molecule has 0 radical (unpaired) electrons. The number of carbonyl (C=O) groups is 1. The second kappa shape index (κ2) is 6.19. The largest absolute Gasteiger partial charge is 0.338 e. The van der Waals surface area contributed by atoms with Gasteiger partial charge in [0.2, 0.25) is 5.91 Å². The molecule has 3 heterocycles. The highest BCUT2D eigenvalue weighted by atomic mass is 16.2. The Morgan fingerprint density at radius 1 is 1.21 bits per heavy atom. The molecule has 124 valence electrons. The van der Waals surface area contributed by atoms with Crippen molar-refractivity contribution < 1.29 is 4.79 Å². The third-order valence-electron chi connectivity index (χ3n) is 4.79. The van der Waals surface area contributed by atoms with Gasteiger partial charge in [0.15, 0.2) is 0 Å². The highest BCUT2D eigenvalue weighted by Gasteiger charge is 2.38. The minimum atomic E-state index is -0.131. The molecular weight excluding hydrogens is 304 g/mol. The van der Waals surface area contributed by atoms with Crippen molar-refractivity contribution in [2.24, 2.45) is 5.92 Å². The first-order valence-corrected chi connectivity index (χ1v) is 8.51. The molecule has 0 spiro atoms. The Morgan fingerprint density at radius 2 is 2.08 bits per heavy atom. The fourth-order valence-corrected chi connectivity index (χ4v) is 3.33. The standard InChI is InChI=1S/C18H20N4O2/c23-17-8-7-16(14-3-1-9-19-11-14)20-22(17)12-15-4-2-10-21(15)18(24)13-5-6-13/h1,3,7-9,11,13,15H,2,4-6,10,12H2. The van der Waals surface area contributed by atoms with E-state index in [9.17, 15) is 9.59 Å². The van der Waals surface area contributed by atoms with Crippen molar-refractivity contribution in [3.05, 3.63) is 47.0 Å². The number of carbonyl (C=O) groups excluding carboxylic acids is 1. The fourth-order valence-electron chi connectivity index (χ4n) is 3.33. The third-order valence-corrected chi connectivity index (χ3v) is 4.79. The minimum absolute atomic E-state index is 0.0763. The Hall–Kier alpha value is -2.50. The maximum Gasteiger partial charge on any atom is 0.266 e. The van der Waals surface area contributed by atoms with E-state index in [0.29, 0.717) is 6.54 Å². The van der Waals surface area contributed by atoms with E-state index in [-0.39, 0.29) is 23.4 Å². The summed E-state index contributed by atoms with van der Waals surface area (Å²) >= 11 is 0. The Kier molecular flexibility index (Phi) is 3.88. The summed E-state index contributed by atoms with van der Waals surface area (Å²) in [6, 6.07) is 7.10. The lowest BCUT2D eigenvalue weighted by Crippen LogP contribution is -2.41. The van der Waals surface area contributed by atoms with E-state index < -0.39 is 0 Å². The van der Waals surface area contributed by atoms with Crippen LogP contribution in [0.15, 0.2) is 41.5 Å². The summed E-state index contributed by atoms with van der Waals surface area (Å²) in [5.41, 5.74) is 1.47. The van der Waals surface area contributed by atoms with Gasteiger partial charge in [0, 0.05) is 36.5 Å². The molecule has 0 N–H and O–H groups in total. The van der Waals surface area contributed by atoms with Gasteiger partial charge in [-0.25, -0.2) is 4.68 Å². The van der Waals surface area contributed by atoms with Crippen LogP contribution in [0.3, 0.4) is 0 Å². The summed E-state index contributed by atoms with van der Waals surface area (Å²) in [6.45, 7) is 1.27. The van der Waals surface area contributed by atoms with Crippen LogP contribution in [0.2, 0.25) is 0 Å². The van der Waals surface area contributed by atoms with Crippen molar-refractivity contribution in [2.45, 2.75) is 38.3 Å². The van der Waals surface area contributed by atoms with Gasteiger partial charge in [-0.3, -0.25) is 14.6 Å². The van der Waals surface area contributed by atoms with Gasteiger partial charge in [0.25, 0.3) is 5.56 Å². The molecule has 2 aliphatic rings. The maximum absolute atomic E-state index is 12.4. The zero-order chi connectivity index (χ0) is 16.5. The van der Waals surface area contributed by atoms with Crippen molar-refractivity contribution >= 4 is 5.91 Å². The average Bonchev–Trinajstić information content (AvgIpc) is 3.36. The number of nitrogens with zero attached hydrogens (tertiary/aromatic N) is 4. The van der Waals surface area contributed by atoms with Crippen LogP contribution in [0.5, 0.6) is 0 Å². The van der Waals surface area contributed by atoms with E-state index in [1.165, 1.54) is 10.7 Å². The average molecular weight is 324 g/mol. The zero-order valence-electron chi connectivity index (χ0n) is 13.5. The molecule has 1 unspecified atom stereocenters. The zero-order valence-corrected chi connectivity index (χ0v) is 13.5. The molecule has 1 aliphatic carbocycles. The summed E-state index contributed by atoms with van der Waals surface area (Å²) in [4.78, 5) is 30.6. The third kappa shape index (κ3) is 2.96. The summed E-state index contributed by atoms with van der Waals surface area (Å²) in [5, 5.41) is 4.49. The SMILES string of the molecule is O=C(C1CC1)N1CCCC1Cn1nc(-c2cccnc2)ccc1=O. The first-order valence-electron chi connectivity index (χ1n) is 8.51. The van der Waals surface area contributed by atoms with Crippen molar-refractivity contribution in [3.8, 4) is 11.3 Å². The number of pyridine rings is 1. The lowest BCUT2D eigenvalue weighted by Gasteiger charge is -2.25. The van der Waals surface area contributed by atoms with Gasteiger partial charge in [-0.15, -0.1) is 0 Å². The van der Waals surface area contributed by atoms with Gasteiger partial charge in [-0.2, -0.15) is 5.10 Å². The van der Waals surface area contributed by atoms with E-state index in [1.807, 2.05) is 17.0 Å². The molecule has 1 aliphatic heterocycles. The number of amides is 1. The summed E-state index contributed by atoms with van der Waals surface area (Å²) < 4.78 is 1.49. The number of likely N-dealkylation sites (tertiary alicyclic amines) is 1. The quantitative estimate of drug-likeness (QED) is 0.858. The van der Waals surface area contributed by atoms with Crippen LogP contribution >= 0.6 is 0 Å². The van der Waals surface area contributed by atoms with Crippen LogP contribution in [0, 0.1) is 5.92 Å². The molecule has 1 amide bonds. The molecule has 6 heteroatoms. The number of hydrogen-bond donors (Lipinski definition) is 0. The van der Waals surface area contributed by atoms with Crippen molar-refractivity contribution in [3.63, 3.8) is 0 Å². The van der Waals surface area contributed by atoms with Gasteiger partial charge in [0.1, 0.15) is 0 Å². The van der Waals surface area contributed by atoms with Gasteiger partial charge < -0.3 is 4.90 Å². The monoisotopic (exact) mass is 324 g/mol. The fraction of sp³-hybridized carbons (Fsp3) is 0.444. The first kappa shape index (κ1) is 15.1. The van der Waals surface area contributed by atoms with Crippen LogP contribution in [0.1, 0.15) is 25.7 Å². The number of hydrogen-bond acceptors (Lipinski definition) is 4. The van der Waals surface area contributed by atoms with Gasteiger partial charge in [-0.05, 0) is 43.9 Å². The smallest absolute Gasteiger partial charge is 0.266 e. The van der Waals surface area contributed by atoms with Crippen LogP contribution in [0.4, 0.5) is 0 Å². The van der Waals surface area contributed by atoms with Crippen molar-refractivity contribution in [1.82, 2.24) is 19.7 Å². The van der Waals surface area contributed by atoms with Crippen LogP contribution in [-0.4, -0.2) is 38.2 Å². The predicted octanol–water partition coefficient (Wildman–Crippen LogP) is 1.71. The molecule has 0 aromatic carbocycles. The summed E-state index contributed by atoms with van der Waals surface area (Å²) in [6.07, 6.45) is 7.40. The molecule has 1 atom stereocenters. The highest BCUT2D eigenvalue weighted by molar-refractivity contribution is 5.81. The molecule has 1 saturated heterocycles.